The first-order chi connectivity index (χ1) is 5.41. The van der Waals surface area contributed by atoms with Crippen LogP contribution in [-0.2, 0) is 0 Å². The van der Waals surface area contributed by atoms with Crippen LogP contribution in [0.2, 0.25) is 0 Å². The number of alkyl halides is 3. The highest BCUT2D eigenvalue weighted by Crippen LogP contribution is 2.28. The van der Waals surface area contributed by atoms with Gasteiger partial charge in [-0.15, -0.1) is 0 Å². The van der Waals surface area contributed by atoms with Gasteiger partial charge in [0.2, 0.25) is 0 Å². The first-order valence-corrected chi connectivity index (χ1v) is 3.11. The zero-order valence-corrected chi connectivity index (χ0v) is 6.14. The molecule has 0 aromatic heterocycles. The van der Waals surface area contributed by atoms with E-state index in [2.05, 4.69) is 10.6 Å². The summed E-state index contributed by atoms with van der Waals surface area (Å²) in [7, 11) is 0. The van der Waals surface area contributed by atoms with E-state index in [-0.39, 0.29) is 12.1 Å². The molecule has 0 spiro atoms. The van der Waals surface area contributed by atoms with E-state index in [1.807, 2.05) is 0 Å². The monoisotopic (exact) mass is 178 g/mol. The molecule has 0 aliphatic carbocycles. The van der Waals surface area contributed by atoms with Gasteiger partial charge in [-0.25, -0.2) is 10.1 Å². The molecule has 1 heterocycles. The van der Waals surface area contributed by atoms with Crippen molar-refractivity contribution < 1.29 is 18.0 Å². The van der Waals surface area contributed by atoms with Gasteiger partial charge < -0.3 is 0 Å². The first kappa shape index (κ1) is 8.89. The molecule has 6 heteroatoms. The van der Waals surface area contributed by atoms with Gasteiger partial charge in [-0.3, -0.25) is 0 Å². The fourth-order valence-corrected chi connectivity index (χ4v) is 0.793. The van der Waals surface area contributed by atoms with Crippen LogP contribution in [-0.4, -0.2) is 18.8 Å². The molecule has 2 radical (unpaired) electrons. The number of nitrogens with zero attached hydrogens (tertiary/aromatic N) is 2. The second kappa shape index (κ2) is 2.69. The quantitative estimate of drug-likeness (QED) is 0.549. The smallest absolute Gasteiger partial charge is 0.244 e. The van der Waals surface area contributed by atoms with Crippen LogP contribution >= 0.6 is 0 Å². The summed E-state index contributed by atoms with van der Waals surface area (Å²) < 4.78 is 36.1. The second-order valence-corrected chi connectivity index (χ2v) is 2.34. The van der Waals surface area contributed by atoms with Gasteiger partial charge in [0.1, 0.15) is 0 Å². The van der Waals surface area contributed by atoms with Crippen LogP contribution in [0, 0.1) is 0 Å². The number of amides is 2. The van der Waals surface area contributed by atoms with Crippen LogP contribution < -0.4 is 10.6 Å². The average molecular weight is 178 g/mol. The lowest BCUT2D eigenvalue weighted by Gasteiger charge is -2.17. The maximum atomic E-state index is 12.0. The molecule has 1 aliphatic rings. The molecule has 0 aromatic rings. The van der Waals surface area contributed by atoms with E-state index in [9.17, 15) is 18.0 Å². The zero-order chi connectivity index (χ0) is 9.35. The van der Waals surface area contributed by atoms with E-state index in [0.717, 1.165) is 0 Å². The molecule has 0 fully saturated rings. The van der Waals surface area contributed by atoms with Gasteiger partial charge in [0.15, 0.2) is 5.70 Å². The highest BCUT2D eigenvalue weighted by Gasteiger charge is 2.40. The normalized spacial score (nSPS) is 18.8. The largest absolute Gasteiger partial charge is 0.433 e. The van der Waals surface area contributed by atoms with E-state index in [1.54, 1.807) is 0 Å². The molecule has 0 saturated carbocycles. The summed E-state index contributed by atoms with van der Waals surface area (Å²) in [5, 5.41) is 5.99. The van der Waals surface area contributed by atoms with Gasteiger partial charge in [0.25, 0.3) is 0 Å². The predicted octanol–water partition coefficient (Wildman–Crippen LogP) is 1.17. The maximum Gasteiger partial charge on any atom is 0.433 e. The van der Waals surface area contributed by atoms with E-state index in [1.165, 1.54) is 6.92 Å². The molecular weight excluding hydrogens is 173 g/mol. The summed E-state index contributed by atoms with van der Waals surface area (Å²) in [4.78, 5) is 10.4. The predicted molar refractivity (Wildman–Crippen MR) is 33.3 cm³/mol. The third kappa shape index (κ3) is 1.69. The lowest BCUT2D eigenvalue weighted by molar-refractivity contribution is -0.0973. The molecule has 0 unspecified atom stereocenters. The van der Waals surface area contributed by atoms with Crippen LogP contribution in [0.3, 0.4) is 0 Å². The molecule has 0 atom stereocenters. The Labute approximate surface area is 66.6 Å². The summed E-state index contributed by atoms with van der Waals surface area (Å²) in [6.45, 7) is 1.04. The number of allylic oxidation sites excluding steroid dienone is 1. The maximum absolute atomic E-state index is 12.0. The van der Waals surface area contributed by atoms with Crippen LogP contribution in [0.4, 0.5) is 18.0 Å². The average Bonchev–Trinajstić information content (AvgIpc) is 1.92. The summed E-state index contributed by atoms with van der Waals surface area (Å²) in [5.74, 6) is 0. The lowest BCUT2D eigenvalue weighted by atomic mass is 10.2. The molecular formula is C6H5F3N2O. The minimum atomic E-state index is -4.55. The standard InChI is InChI=1S/C6H5F3N2O/c1-3-2-10-5(12)11-4(3)6(7,8)9/h2H2,1H3. The number of hydrogen-bond donors (Lipinski definition) is 0. The molecule has 0 N–H and O–H groups in total. The Morgan fingerprint density at radius 3 is 2.42 bits per heavy atom. The zero-order valence-electron chi connectivity index (χ0n) is 6.14. The summed E-state index contributed by atoms with van der Waals surface area (Å²) in [6, 6.07) is -1.06. The number of hydrogen-bond acceptors (Lipinski definition) is 1. The lowest BCUT2D eigenvalue weighted by Crippen LogP contribution is -2.37. The van der Waals surface area contributed by atoms with Crippen molar-refractivity contribution in [3.05, 3.63) is 11.3 Å². The van der Waals surface area contributed by atoms with Crippen LogP contribution in [0.1, 0.15) is 6.92 Å². The molecule has 0 bridgehead atoms. The Kier molecular flexibility index (Phi) is 1.99. The second-order valence-electron chi connectivity index (χ2n) is 2.34. The molecule has 2 amide bonds. The minimum Gasteiger partial charge on any atom is -0.244 e. The Morgan fingerprint density at radius 1 is 1.42 bits per heavy atom. The van der Waals surface area contributed by atoms with Crippen LogP contribution in [0.25, 0.3) is 0 Å². The molecule has 1 rings (SSSR count). The van der Waals surface area contributed by atoms with E-state index in [4.69, 9.17) is 0 Å². The minimum absolute atomic E-state index is 0.0258. The van der Waals surface area contributed by atoms with Gasteiger partial charge in [-0.2, -0.15) is 18.5 Å². The highest BCUT2D eigenvalue weighted by atomic mass is 19.4. The van der Waals surface area contributed by atoms with Crippen molar-refractivity contribution in [2.45, 2.75) is 13.1 Å². The summed E-state index contributed by atoms with van der Waals surface area (Å²) in [5.41, 5.74) is -1.13. The highest BCUT2D eigenvalue weighted by molar-refractivity contribution is 5.77. The van der Waals surface area contributed by atoms with E-state index >= 15 is 0 Å². The Balaban J connectivity index is 2.93. The number of carbonyl (C=O) groups is 1. The summed E-state index contributed by atoms with van der Waals surface area (Å²) in [6.07, 6.45) is -4.55. The molecule has 12 heavy (non-hydrogen) atoms. The fraction of sp³-hybridized carbons (Fsp3) is 0.500. The Bertz CT molecular complexity index is 244. The third-order valence-corrected chi connectivity index (χ3v) is 1.33. The number of rotatable bonds is 0. The fourth-order valence-electron chi connectivity index (χ4n) is 0.793. The SMILES string of the molecule is CC1=C(C(F)(F)F)[N]C(=O)[N]C1. The van der Waals surface area contributed by atoms with Crippen LogP contribution in [0.5, 0.6) is 0 Å². The summed E-state index contributed by atoms with van der Waals surface area (Å²) >= 11 is 0. The van der Waals surface area contributed by atoms with Crippen molar-refractivity contribution in [2.75, 3.05) is 6.54 Å². The van der Waals surface area contributed by atoms with Gasteiger partial charge in [-0.1, -0.05) is 0 Å². The van der Waals surface area contributed by atoms with Crippen molar-refractivity contribution in [1.82, 2.24) is 10.6 Å². The van der Waals surface area contributed by atoms with Crippen molar-refractivity contribution in [3.63, 3.8) is 0 Å². The Hall–Kier alpha value is -1.20. The molecule has 66 valence electrons. The number of carbonyl (C=O) groups excluding carboxylic acids is 1. The van der Waals surface area contributed by atoms with Crippen LogP contribution in [0.15, 0.2) is 11.3 Å². The van der Waals surface area contributed by atoms with Crippen molar-refractivity contribution in [1.29, 1.82) is 0 Å². The van der Waals surface area contributed by atoms with Crippen molar-refractivity contribution in [3.8, 4) is 0 Å². The Morgan fingerprint density at radius 2 is 2.00 bits per heavy atom. The first-order valence-electron chi connectivity index (χ1n) is 3.11. The van der Waals surface area contributed by atoms with E-state index < -0.39 is 17.9 Å². The van der Waals surface area contributed by atoms with Gasteiger partial charge in [0.05, 0.1) is 6.54 Å². The van der Waals surface area contributed by atoms with Gasteiger partial charge in [-0.05, 0) is 12.5 Å². The van der Waals surface area contributed by atoms with Crippen molar-refractivity contribution in [2.24, 2.45) is 0 Å². The van der Waals surface area contributed by atoms with E-state index in [0.29, 0.717) is 0 Å². The van der Waals surface area contributed by atoms with Gasteiger partial charge in [0, 0.05) is 0 Å². The molecule has 0 saturated heterocycles. The molecule has 1 aliphatic heterocycles. The molecule has 0 aromatic carbocycles. The number of halogens is 3. The topological polar surface area (TPSA) is 45.3 Å². The third-order valence-electron chi connectivity index (χ3n) is 1.33. The van der Waals surface area contributed by atoms with Crippen molar-refractivity contribution >= 4 is 6.03 Å². The van der Waals surface area contributed by atoms with Gasteiger partial charge >= 0.3 is 12.2 Å². The molecule has 3 nitrogen and oxygen atoms in total. The number of urea groups is 1.